The topological polar surface area (TPSA) is 94.5 Å². The Morgan fingerprint density at radius 2 is 2.00 bits per heavy atom. The van der Waals surface area contributed by atoms with Crippen LogP contribution in [0.4, 0.5) is 6.01 Å². The molecule has 0 spiro atoms. The molecule has 2 heterocycles. The summed E-state index contributed by atoms with van der Waals surface area (Å²) in [5, 5.41) is 22.1. The molecule has 0 atom stereocenters. The van der Waals surface area contributed by atoms with Crippen LogP contribution in [0.25, 0.3) is 5.69 Å². The second-order valence-corrected chi connectivity index (χ2v) is 3.82. The Morgan fingerprint density at radius 3 is 2.74 bits per heavy atom. The standard InChI is InChI=1S/C11H11N7O/c1-8-13-15-11(19-8)12-7-10-14-16-17-18(10)9-5-3-2-4-6-9/h2-6H,7H2,1H3,(H,12,15). The van der Waals surface area contributed by atoms with E-state index >= 15 is 0 Å². The van der Waals surface area contributed by atoms with Crippen LogP contribution in [0.1, 0.15) is 11.7 Å². The highest BCUT2D eigenvalue weighted by atomic mass is 16.4. The molecule has 0 aliphatic heterocycles. The van der Waals surface area contributed by atoms with Gasteiger partial charge in [-0.15, -0.1) is 10.2 Å². The molecule has 0 fully saturated rings. The van der Waals surface area contributed by atoms with E-state index in [0.717, 1.165) is 5.69 Å². The predicted molar refractivity (Wildman–Crippen MR) is 65.5 cm³/mol. The molecule has 0 radical (unpaired) electrons. The lowest BCUT2D eigenvalue weighted by Gasteiger charge is -2.03. The first kappa shape index (κ1) is 11.3. The molecule has 19 heavy (non-hydrogen) atoms. The van der Waals surface area contributed by atoms with E-state index in [1.807, 2.05) is 30.3 Å². The number of hydrogen-bond donors (Lipinski definition) is 1. The Kier molecular flexibility index (Phi) is 2.89. The van der Waals surface area contributed by atoms with Crippen LogP contribution in [0.15, 0.2) is 34.7 Å². The summed E-state index contributed by atoms with van der Waals surface area (Å²) in [4.78, 5) is 0. The highest BCUT2D eigenvalue weighted by Gasteiger charge is 2.09. The van der Waals surface area contributed by atoms with E-state index in [0.29, 0.717) is 24.3 Å². The minimum absolute atomic E-state index is 0.347. The summed E-state index contributed by atoms with van der Waals surface area (Å²) in [5.74, 6) is 1.16. The number of tetrazole rings is 1. The van der Waals surface area contributed by atoms with Crippen molar-refractivity contribution in [3.05, 3.63) is 42.0 Å². The van der Waals surface area contributed by atoms with Crippen molar-refractivity contribution in [2.75, 3.05) is 5.32 Å². The summed E-state index contributed by atoms with van der Waals surface area (Å²) in [6, 6.07) is 9.99. The molecule has 0 saturated heterocycles. The summed E-state index contributed by atoms with van der Waals surface area (Å²) in [7, 11) is 0. The van der Waals surface area contributed by atoms with E-state index in [1.54, 1.807) is 11.6 Å². The maximum absolute atomic E-state index is 5.22. The van der Waals surface area contributed by atoms with Gasteiger partial charge in [0.1, 0.15) is 0 Å². The molecular formula is C11H11N7O. The third kappa shape index (κ3) is 2.41. The van der Waals surface area contributed by atoms with E-state index in [9.17, 15) is 0 Å². The number of para-hydroxylation sites is 1. The van der Waals surface area contributed by atoms with Gasteiger partial charge in [0.2, 0.25) is 5.89 Å². The molecule has 0 aliphatic carbocycles. The Hall–Kier alpha value is -2.77. The smallest absolute Gasteiger partial charge is 0.315 e. The van der Waals surface area contributed by atoms with E-state index in [4.69, 9.17) is 4.42 Å². The van der Waals surface area contributed by atoms with E-state index in [2.05, 4.69) is 31.0 Å². The summed E-state index contributed by atoms with van der Waals surface area (Å²) in [5.41, 5.74) is 0.894. The van der Waals surface area contributed by atoms with Crippen LogP contribution in [-0.2, 0) is 6.54 Å². The Morgan fingerprint density at radius 1 is 1.16 bits per heavy atom. The van der Waals surface area contributed by atoms with Crippen molar-refractivity contribution in [3.8, 4) is 5.69 Å². The number of anilines is 1. The van der Waals surface area contributed by atoms with Gasteiger partial charge in [-0.1, -0.05) is 23.3 Å². The molecule has 8 nitrogen and oxygen atoms in total. The van der Waals surface area contributed by atoms with Crippen LogP contribution in [0.5, 0.6) is 0 Å². The summed E-state index contributed by atoms with van der Waals surface area (Å²) < 4.78 is 6.87. The predicted octanol–water partition coefficient (Wildman–Crippen LogP) is 0.966. The second-order valence-electron chi connectivity index (χ2n) is 3.82. The van der Waals surface area contributed by atoms with Gasteiger partial charge < -0.3 is 9.73 Å². The summed E-state index contributed by atoms with van der Waals surface area (Å²) in [6.07, 6.45) is 0. The van der Waals surface area contributed by atoms with Crippen LogP contribution in [-0.4, -0.2) is 30.4 Å². The van der Waals surface area contributed by atoms with E-state index in [1.165, 1.54) is 0 Å². The lowest BCUT2D eigenvalue weighted by atomic mass is 10.3. The SMILES string of the molecule is Cc1nnc(NCc2nnnn2-c2ccccc2)o1. The quantitative estimate of drug-likeness (QED) is 0.743. The molecule has 1 N–H and O–H groups in total. The number of benzene rings is 1. The van der Waals surface area contributed by atoms with E-state index < -0.39 is 0 Å². The van der Waals surface area contributed by atoms with Gasteiger partial charge in [0, 0.05) is 6.92 Å². The molecule has 0 saturated carbocycles. The fourth-order valence-electron chi connectivity index (χ4n) is 1.61. The van der Waals surface area contributed by atoms with E-state index in [-0.39, 0.29) is 0 Å². The number of nitrogens with one attached hydrogen (secondary N) is 1. The van der Waals surface area contributed by atoms with Crippen molar-refractivity contribution < 1.29 is 4.42 Å². The Labute approximate surface area is 108 Å². The molecule has 2 aromatic heterocycles. The molecule has 3 rings (SSSR count). The average molecular weight is 257 g/mol. The van der Waals surface area contributed by atoms with Gasteiger partial charge in [0.05, 0.1) is 12.2 Å². The summed E-state index contributed by atoms with van der Waals surface area (Å²) in [6.45, 7) is 2.12. The fourth-order valence-corrected chi connectivity index (χ4v) is 1.61. The summed E-state index contributed by atoms with van der Waals surface area (Å²) >= 11 is 0. The van der Waals surface area contributed by atoms with Gasteiger partial charge in [0.25, 0.3) is 0 Å². The van der Waals surface area contributed by atoms with Crippen LogP contribution in [0.3, 0.4) is 0 Å². The lowest BCUT2D eigenvalue weighted by molar-refractivity contribution is 0.529. The number of hydrogen-bond acceptors (Lipinski definition) is 7. The minimum atomic E-state index is 0.347. The number of aromatic nitrogens is 6. The number of aryl methyl sites for hydroxylation is 1. The Balaban J connectivity index is 1.77. The van der Waals surface area contributed by atoms with Gasteiger partial charge >= 0.3 is 6.01 Å². The first-order valence-electron chi connectivity index (χ1n) is 5.69. The first-order valence-corrected chi connectivity index (χ1v) is 5.69. The van der Waals surface area contributed by atoms with Crippen LogP contribution in [0.2, 0.25) is 0 Å². The zero-order valence-electron chi connectivity index (χ0n) is 10.2. The van der Waals surface area contributed by atoms with Crippen molar-refractivity contribution in [2.24, 2.45) is 0 Å². The van der Waals surface area contributed by atoms with Gasteiger partial charge in [-0.3, -0.25) is 0 Å². The van der Waals surface area contributed by atoms with Gasteiger partial charge in [0.15, 0.2) is 5.82 Å². The molecule has 0 amide bonds. The van der Waals surface area contributed by atoms with Crippen LogP contribution < -0.4 is 5.32 Å². The zero-order valence-corrected chi connectivity index (χ0v) is 10.2. The normalized spacial score (nSPS) is 10.6. The third-order valence-corrected chi connectivity index (χ3v) is 2.46. The van der Waals surface area contributed by atoms with Crippen LogP contribution in [0, 0.1) is 6.92 Å². The second kappa shape index (κ2) is 4.84. The highest BCUT2D eigenvalue weighted by molar-refractivity contribution is 5.31. The molecule has 0 aliphatic rings. The maximum atomic E-state index is 5.22. The first-order chi connectivity index (χ1) is 9.33. The zero-order chi connectivity index (χ0) is 13.1. The van der Waals surface area contributed by atoms with Crippen molar-refractivity contribution in [1.82, 2.24) is 30.4 Å². The van der Waals surface area contributed by atoms with Gasteiger partial charge in [-0.05, 0) is 22.6 Å². The van der Waals surface area contributed by atoms with Crippen LogP contribution >= 0.6 is 0 Å². The number of rotatable bonds is 4. The van der Waals surface area contributed by atoms with Crippen molar-refractivity contribution in [2.45, 2.75) is 13.5 Å². The molecule has 0 bridgehead atoms. The molecule has 3 aromatic rings. The average Bonchev–Trinajstić information content (AvgIpc) is 3.06. The monoisotopic (exact) mass is 257 g/mol. The van der Waals surface area contributed by atoms with Crippen molar-refractivity contribution in [3.63, 3.8) is 0 Å². The Bertz CT molecular complexity index is 661. The van der Waals surface area contributed by atoms with Gasteiger partial charge in [-0.2, -0.15) is 4.68 Å². The fraction of sp³-hybridized carbons (Fsp3) is 0.182. The largest absolute Gasteiger partial charge is 0.408 e. The molecule has 96 valence electrons. The highest BCUT2D eigenvalue weighted by Crippen LogP contribution is 2.09. The van der Waals surface area contributed by atoms with Crippen molar-refractivity contribution in [1.29, 1.82) is 0 Å². The maximum Gasteiger partial charge on any atom is 0.315 e. The molecule has 8 heteroatoms. The minimum Gasteiger partial charge on any atom is -0.408 e. The van der Waals surface area contributed by atoms with Gasteiger partial charge in [-0.25, -0.2) is 0 Å². The molecule has 0 unspecified atom stereocenters. The lowest BCUT2D eigenvalue weighted by Crippen LogP contribution is -2.08. The number of nitrogens with zero attached hydrogens (tertiary/aromatic N) is 6. The molecule has 1 aromatic carbocycles. The third-order valence-electron chi connectivity index (χ3n) is 2.46. The van der Waals surface area contributed by atoms with Crippen molar-refractivity contribution >= 4 is 6.01 Å². The molecular weight excluding hydrogens is 246 g/mol.